The summed E-state index contributed by atoms with van der Waals surface area (Å²) < 4.78 is 7.14. The Balaban J connectivity index is 1.53. The highest BCUT2D eigenvalue weighted by Gasteiger charge is 2.27. The quantitative estimate of drug-likeness (QED) is 0.650. The van der Waals surface area contributed by atoms with E-state index in [1.807, 2.05) is 0 Å². The number of carbonyl (C=O) groups is 2. The van der Waals surface area contributed by atoms with Gasteiger partial charge in [0.15, 0.2) is 11.7 Å². The molecular weight excluding hydrogens is 442 g/mol. The molecule has 0 radical (unpaired) electrons. The van der Waals surface area contributed by atoms with Crippen molar-refractivity contribution in [2.75, 3.05) is 23.4 Å². The van der Waals surface area contributed by atoms with Crippen LogP contribution in [-0.2, 0) is 9.59 Å². The van der Waals surface area contributed by atoms with Gasteiger partial charge in [0, 0.05) is 9.50 Å². The van der Waals surface area contributed by atoms with Crippen LogP contribution in [0.15, 0.2) is 40.9 Å². The van der Waals surface area contributed by atoms with Crippen LogP contribution in [0.5, 0.6) is 5.75 Å². The molecule has 6 nitrogen and oxygen atoms in total. The number of hydrogen-bond acceptors (Lipinski definition) is 5. The third-order valence-electron chi connectivity index (χ3n) is 3.76. The zero-order valence-corrected chi connectivity index (χ0v) is 16.3. The zero-order valence-electron chi connectivity index (χ0n) is 13.2. The van der Waals surface area contributed by atoms with Crippen molar-refractivity contribution in [3.05, 3.63) is 45.9 Å². The summed E-state index contributed by atoms with van der Waals surface area (Å²) in [6, 6.07) is 10.6. The third kappa shape index (κ3) is 3.40. The Bertz CT molecular complexity index is 1040. The second-order valence-corrected chi connectivity index (χ2v) is 7.94. The van der Waals surface area contributed by atoms with Crippen LogP contribution in [0, 0.1) is 0 Å². The van der Waals surface area contributed by atoms with Crippen LogP contribution in [0.25, 0.3) is 10.2 Å². The smallest absolute Gasteiger partial charge is 0.265 e. The Kier molecular flexibility index (Phi) is 4.56. The number of amides is 2. The van der Waals surface area contributed by atoms with Gasteiger partial charge in [0.05, 0.1) is 15.9 Å². The summed E-state index contributed by atoms with van der Waals surface area (Å²) in [4.78, 5) is 30.4. The van der Waals surface area contributed by atoms with E-state index in [0.717, 1.165) is 14.7 Å². The first-order valence-corrected chi connectivity index (χ1v) is 9.57. The highest BCUT2D eigenvalue weighted by atomic mass is 79.9. The molecule has 9 heteroatoms. The van der Waals surface area contributed by atoms with Crippen LogP contribution in [0.2, 0.25) is 5.02 Å². The van der Waals surface area contributed by atoms with Crippen LogP contribution >= 0.6 is 38.9 Å². The van der Waals surface area contributed by atoms with Gasteiger partial charge in [-0.25, -0.2) is 4.98 Å². The number of ether oxygens (including phenoxy) is 1. The molecule has 2 amide bonds. The summed E-state index contributed by atoms with van der Waals surface area (Å²) in [5, 5.41) is 3.82. The number of aromatic nitrogens is 1. The van der Waals surface area contributed by atoms with Crippen molar-refractivity contribution in [1.82, 2.24) is 4.98 Å². The summed E-state index contributed by atoms with van der Waals surface area (Å²) in [5.41, 5.74) is 1.32. The number of hydrogen-bond donors (Lipinski definition) is 1. The fourth-order valence-electron chi connectivity index (χ4n) is 2.61. The fourth-order valence-corrected chi connectivity index (χ4v) is 4.10. The first-order valence-electron chi connectivity index (χ1n) is 7.58. The van der Waals surface area contributed by atoms with E-state index >= 15 is 0 Å². The molecule has 1 aliphatic heterocycles. The number of nitrogens with one attached hydrogen (secondary N) is 1. The van der Waals surface area contributed by atoms with Gasteiger partial charge in [-0.05, 0) is 36.4 Å². The van der Waals surface area contributed by atoms with Gasteiger partial charge in [0.25, 0.3) is 5.91 Å². The summed E-state index contributed by atoms with van der Waals surface area (Å²) >= 11 is 10.7. The predicted octanol–water partition coefficient (Wildman–Crippen LogP) is 4.08. The Morgan fingerprint density at radius 3 is 3.04 bits per heavy atom. The van der Waals surface area contributed by atoms with E-state index in [4.69, 9.17) is 16.3 Å². The van der Waals surface area contributed by atoms with E-state index in [1.165, 1.54) is 16.2 Å². The molecule has 0 saturated carbocycles. The van der Waals surface area contributed by atoms with Crippen LogP contribution in [0.4, 0.5) is 10.8 Å². The third-order valence-corrected chi connectivity index (χ3v) is 5.43. The molecule has 0 fully saturated rings. The molecule has 0 unspecified atom stereocenters. The summed E-state index contributed by atoms with van der Waals surface area (Å²) in [6.07, 6.45) is 0. The monoisotopic (exact) mass is 451 g/mol. The van der Waals surface area contributed by atoms with Gasteiger partial charge in [-0.1, -0.05) is 38.9 Å². The molecule has 1 N–H and O–H groups in total. The minimum Gasteiger partial charge on any atom is -0.482 e. The van der Waals surface area contributed by atoms with Crippen molar-refractivity contribution < 1.29 is 14.3 Å². The first-order chi connectivity index (χ1) is 12.5. The number of nitrogens with zero attached hydrogens (tertiary/aromatic N) is 2. The number of fused-ring (bicyclic) bond motifs is 2. The Morgan fingerprint density at radius 2 is 2.19 bits per heavy atom. The standard InChI is InChI=1S/C17H11BrClN3O3S/c18-9-1-4-12-13(5-9)25-8-16(24)22(12)7-15(23)21-17-20-11-3-2-10(19)6-14(11)26-17/h1-6H,7-8H2,(H,20,21,23). The lowest BCUT2D eigenvalue weighted by atomic mass is 10.2. The van der Waals surface area contributed by atoms with Crippen molar-refractivity contribution >= 4 is 71.7 Å². The van der Waals surface area contributed by atoms with Crippen molar-refractivity contribution in [3.8, 4) is 5.75 Å². The topological polar surface area (TPSA) is 71.5 Å². The second-order valence-electron chi connectivity index (χ2n) is 5.56. The molecular formula is C17H11BrClN3O3S. The highest BCUT2D eigenvalue weighted by molar-refractivity contribution is 9.10. The molecule has 3 aromatic rings. The second kappa shape index (κ2) is 6.86. The van der Waals surface area contributed by atoms with Gasteiger partial charge in [-0.3, -0.25) is 14.5 Å². The summed E-state index contributed by atoms with van der Waals surface area (Å²) in [6.45, 7) is -0.218. The number of anilines is 2. The average Bonchev–Trinajstić information content (AvgIpc) is 2.98. The Labute approximate surface area is 165 Å². The van der Waals surface area contributed by atoms with E-state index in [-0.39, 0.29) is 25.0 Å². The van der Waals surface area contributed by atoms with Gasteiger partial charge in [-0.15, -0.1) is 0 Å². The lowest BCUT2D eigenvalue weighted by Crippen LogP contribution is -2.43. The first kappa shape index (κ1) is 17.3. The molecule has 1 aromatic heterocycles. The van der Waals surface area contributed by atoms with Crippen LogP contribution in [-0.4, -0.2) is 29.9 Å². The molecule has 4 rings (SSSR count). The maximum atomic E-state index is 12.4. The predicted molar refractivity (Wildman–Crippen MR) is 105 cm³/mol. The lowest BCUT2D eigenvalue weighted by molar-refractivity contribution is -0.123. The van der Waals surface area contributed by atoms with Gasteiger partial charge in [-0.2, -0.15) is 0 Å². The van der Waals surface area contributed by atoms with Crippen LogP contribution in [0.3, 0.4) is 0 Å². The number of benzene rings is 2. The Morgan fingerprint density at radius 1 is 1.35 bits per heavy atom. The SMILES string of the molecule is O=C(CN1C(=O)COc2cc(Br)ccc21)Nc1nc2ccc(Cl)cc2s1. The fraction of sp³-hybridized carbons (Fsp3) is 0.118. The van der Waals surface area contributed by atoms with Crippen molar-refractivity contribution in [3.63, 3.8) is 0 Å². The lowest BCUT2D eigenvalue weighted by Gasteiger charge is -2.28. The van der Waals surface area contributed by atoms with E-state index in [9.17, 15) is 9.59 Å². The minimum absolute atomic E-state index is 0.101. The molecule has 0 atom stereocenters. The summed E-state index contributed by atoms with van der Waals surface area (Å²) in [5.74, 6) is -0.0493. The van der Waals surface area contributed by atoms with E-state index in [1.54, 1.807) is 36.4 Å². The van der Waals surface area contributed by atoms with Crippen molar-refractivity contribution in [2.45, 2.75) is 0 Å². The van der Waals surface area contributed by atoms with E-state index in [0.29, 0.717) is 21.6 Å². The number of halogens is 2. The Hall–Kier alpha value is -2.16. The molecule has 2 heterocycles. The molecule has 0 aliphatic carbocycles. The average molecular weight is 453 g/mol. The van der Waals surface area contributed by atoms with Crippen LogP contribution < -0.4 is 15.0 Å². The number of rotatable bonds is 3. The van der Waals surface area contributed by atoms with E-state index < -0.39 is 0 Å². The molecule has 1 aliphatic rings. The van der Waals surface area contributed by atoms with Gasteiger partial charge >= 0.3 is 0 Å². The molecule has 26 heavy (non-hydrogen) atoms. The molecule has 0 spiro atoms. The molecule has 0 bridgehead atoms. The van der Waals surface area contributed by atoms with Gasteiger partial charge in [0.1, 0.15) is 12.3 Å². The molecule has 0 saturated heterocycles. The molecule has 132 valence electrons. The highest BCUT2D eigenvalue weighted by Crippen LogP contribution is 2.34. The summed E-state index contributed by atoms with van der Waals surface area (Å²) in [7, 11) is 0. The zero-order chi connectivity index (χ0) is 18.3. The minimum atomic E-state index is -0.334. The van der Waals surface area contributed by atoms with Gasteiger partial charge in [0.2, 0.25) is 5.91 Å². The van der Waals surface area contributed by atoms with E-state index in [2.05, 4.69) is 26.2 Å². The van der Waals surface area contributed by atoms with Crippen LogP contribution in [0.1, 0.15) is 0 Å². The van der Waals surface area contributed by atoms with Gasteiger partial charge < -0.3 is 10.1 Å². The maximum Gasteiger partial charge on any atom is 0.265 e. The number of thiazole rings is 1. The number of carbonyl (C=O) groups excluding carboxylic acids is 2. The van der Waals surface area contributed by atoms with Crippen molar-refractivity contribution in [1.29, 1.82) is 0 Å². The van der Waals surface area contributed by atoms with Crippen molar-refractivity contribution in [2.24, 2.45) is 0 Å². The normalized spacial score (nSPS) is 13.5. The largest absolute Gasteiger partial charge is 0.482 e. The molecule has 2 aromatic carbocycles. The maximum absolute atomic E-state index is 12.4.